The van der Waals surface area contributed by atoms with E-state index in [2.05, 4.69) is 37.3 Å². The average molecular weight is 304 g/mol. The maximum Gasteiger partial charge on any atom is 0.230 e. The number of rotatable bonds is 2. The molecule has 2 rings (SSSR count). The molecule has 6 heteroatoms. The van der Waals surface area contributed by atoms with E-state index in [4.69, 9.17) is 11.0 Å². The first-order chi connectivity index (χ1) is 8.58. The van der Waals surface area contributed by atoms with Crippen molar-refractivity contribution in [1.82, 2.24) is 9.97 Å². The molecule has 0 spiro atoms. The lowest BCUT2D eigenvalue weighted by molar-refractivity contribution is 1.14. The molecule has 5 nitrogen and oxygen atoms in total. The maximum atomic E-state index is 8.87. The second-order valence-electron chi connectivity index (χ2n) is 3.71. The van der Waals surface area contributed by atoms with E-state index in [1.54, 1.807) is 18.2 Å². The van der Waals surface area contributed by atoms with Gasteiger partial charge in [-0.1, -0.05) is 6.07 Å². The van der Waals surface area contributed by atoms with E-state index in [9.17, 15) is 0 Å². The smallest absolute Gasteiger partial charge is 0.230 e. The minimum absolute atomic E-state index is 0.369. The Balaban J connectivity index is 2.36. The fourth-order valence-corrected chi connectivity index (χ4v) is 1.84. The number of nitrogen functional groups attached to an aromatic ring is 1. The molecule has 0 bridgehead atoms. The third kappa shape index (κ3) is 2.76. The van der Waals surface area contributed by atoms with Crippen LogP contribution in [0.2, 0.25) is 0 Å². The topological polar surface area (TPSA) is 87.6 Å². The van der Waals surface area contributed by atoms with E-state index in [-0.39, 0.29) is 0 Å². The van der Waals surface area contributed by atoms with Crippen molar-refractivity contribution >= 4 is 33.4 Å². The molecule has 90 valence electrons. The molecule has 0 radical (unpaired) electrons. The molecule has 0 saturated carbocycles. The highest BCUT2D eigenvalue weighted by atomic mass is 79.9. The Morgan fingerprint density at radius 1 is 1.33 bits per heavy atom. The third-order valence-electron chi connectivity index (χ3n) is 2.33. The Bertz CT molecular complexity index is 613. The number of nitrogens with zero attached hydrogens (tertiary/aromatic N) is 3. The van der Waals surface area contributed by atoms with Gasteiger partial charge in [0, 0.05) is 11.8 Å². The van der Waals surface area contributed by atoms with Gasteiger partial charge in [0.05, 0.1) is 11.6 Å². The van der Waals surface area contributed by atoms with Gasteiger partial charge < -0.3 is 11.1 Å². The fraction of sp³-hybridized carbons (Fsp3) is 0.0833. The van der Waals surface area contributed by atoms with Crippen LogP contribution in [-0.4, -0.2) is 9.97 Å². The molecule has 0 atom stereocenters. The quantitative estimate of drug-likeness (QED) is 0.833. The third-order valence-corrected chi connectivity index (χ3v) is 2.73. The average Bonchev–Trinajstić information content (AvgIpc) is 2.30. The van der Waals surface area contributed by atoms with Gasteiger partial charge in [-0.05, 0) is 40.5 Å². The SMILES string of the molecule is Cc1ccc(C#N)cc1Nc1nc(N)cc(Br)n1. The Hall–Kier alpha value is -2.13. The van der Waals surface area contributed by atoms with Gasteiger partial charge in [-0.15, -0.1) is 0 Å². The molecule has 0 unspecified atom stereocenters. The summed E-state index contributed by atoms with van der Waals surface area (Å²) in [5, 5.41) is 11.9. The summed E-state index contributed by atoms with van der Waals surface area (Å²) in [7, 11) is 0. The first kappa shape index (κ1) is 12.3. The van der Waals surface area contributed by atoms with Crippen LogP contribution in [0.15, 0.2) is 28.9 Å². The molecule has 3 N–H and O–H groups in total. The van der Waals surface area contributed by atoms with Crippen molar-refractivity contribution in [1.29, 1.82) is 5.26 Å². The highest BCUT2D eigenvalue weighted by molar-refractivity contribution is 9.10. The van der Waals surface area contributed by atoms with Crippen molar-refractivity contribution in [2.75, 3.05) is 11.1 Å². The highest BCUT2D eigenvalue weighted by Crippen LogP contribution is 2.21. The number of anilines is 3. The number of aromatic nitrogens is 2. The molecular formula is C12H10BrN5. The standard InChI is InChI=1S/C12H10BrN5/c1-7-2-3-8(6-14)4-9(7)16-12-17-10(13)5-11(15)18-12/h2-5H,1H3,(H3,15,16,17,18). The van der Waals surface area contributed by atoms with Crippen LogP contribution in [0.1, 0.15) is 11.1 Å². The Kier molecular flexibility index (Phi) is 3.44. The van der Waals surface area contributed by atoms with E-state index < -0.39 is 0 Å². The lowest BCUT2D eigenvalue weighted by atomic mass is 10.1. The predicted molar refractivity (Wildman–Crippen MR) is 73.3 cm³/mol. The summed E-state index contributed by atoms with van der Waals surface area (Å²) < 4.78 is 0.603. The monoisotopic (exact) mass is 303 g/mol. The van der Waals surface area contributed by atoms with E-state index in [1.807, 2.05) is 13.0 Å². The van der Waals surface area contributed by atoms with Crippen LogP contribution >= 0.6 is 15.9 Å². The second kappa shape index (κ2) is 5.02. The van der Waals surface area contributed by atoms with Gasteiger partial charge in [-0.3, -0.25) is 0 Å². The van der Waals surface area contributed by atoms with Crippen molar-refractivity contribution in [3.8, 4) is 6.07 Å². The summed E-state index contributed by atoms with van der Waals surface area (Å²) in [6.45, 7) is 1.94. The van der Waals surface area contributed by atoms with Gasteiger partial charge in [0.15, 0.2) is 0 Å². The summed E-state index contributed by atoms with van der Waals surface area (Å²) in [4.78, 5) is 8.23. The van der Waals surface area contributed by atoms with Crippen LogP contribution in [0.4, 0.5) is 17.5 Å². The van der Waals surface area contributed by atoms with Crippen LogP contribution in [0.5, 0.6) is 0 Å². The molecule has 0 aliphatic heterocycles. The number of aryl methyl sites for hydroxylation is 1. The van der Waals surface area contributed by atoms with Gasteiger partial charge >= 0.3 is 0 Å². The van der Waals surface area contributed by atoms with Gasteiger partial charge in [-0.2, -0.15) is 10.2 Å². The number of benzene rings is 1. The fourth-order valence-electron chi connectivity index (χ4n) is 1.44. The van der Waals surface area contributed by atoms with E-state index >= 15 is 0 Å². The highest BCUT2D eigenvalue weighted by Gasteiger charge is 2.04. The van der Waals surface area contributed by atoms with Crippen molar-refractivity contribution < 1.29 is 0 Å². The zero-order chi connectivity index (χ0) is 13.1. The van der Waals surface area contributed by atoms with Gasteiger partial charge in [-0.25, -0.2) is 4.98 Å². The van der Waals surface area contributed by atoms with Crippen molar-refractivity contribution in [3.05, 3.63) is 40.0 Å². The van der Waals surface area contributed by atoms with Gasteiger partial charge in [0.1, 0.15) is 10.4 Å². The normalized spacial score (nSPS) is 9.83. The van der Waals surface area contributed by atoms with Crippen LogP contribution in [-0.2, 0) is 0 Å². The summed E-state index contributed by atoms with van der Waals surface area (Å²) in [6, 6.07) is 9.07. The minimum atomic E-state index is 0.369. The second-order valence-corrected chi connectivity index (χ2v) is 4.52. The lowest BCUT2D eigenvalue weighted by Crippen LogP contribution is -2.02. The number of nitrogens with one attached hydrogen (secondary N) is 1. The molecule has 0 aliphatic carbocycles. The Morgan fingerprint density at radius 2 is 2.11 bits per heavy atom. The largest absolute Gasteiger partial charge is 0.383 e. The number of hydrogen-bond acceptors (Lipinski definition) is 5. The van der Waals surface area contributed by atoms with Crippen LogP contribution in [0.25, 0.3) is 0 Å². The molecule has 1 aromatic heterocycles. The maximum absolute atomic E-state index is 8.87. The molecule has 0 aliphatic rings. The van der Waals surface area contributed by atoms with Gasteiger partial charge in [0.2, 0.25) is 5.95 Å². The zero-order valence-electron chi connectivity index (χ0n) is 9.61. The lowest BCUT2D eigenvalue weighted by Gasteiger charge is -2.09. The van der Waals surface area contributed by atoms with Crippen molar-refractivity contribution in [2.24, 2.45) is 0 Å². The first-order valence-corrected chi connectivity index (χ1v) is 5.95. The first-order valence-electron chi connectivity index (χ1n) is 5.16. The number of nitriles is 1. The molecule has 1 heterocycles. The van der Waals surface area contributed by atoms with E-state index in [0.717, 1.165) is 11.3 Å². The summed E-state index contributed by atoms with van der Waals surface area (Å²) in [6.07, 6.45) is 0. The van der Waals surface area contributed by atoms with Crippen LogP contribution in [0, 0.1) is 18.3 Å². The Morgan fingerprint density at radius 3 is 2.78 bits per heavy atom. The molecule has 0 fully saturated rings. The Labute approximate surface area is 113 Å². The summed E-state index contributed by atoms with van der Waals surface area (Å²) in [5.41, 5.74) is 7.99. The minimum Gasteiger partial charge on any atom is -0.383 e. The zero-order valence-corrected chi connectivity index (χ0v) is 11.2. The van der Waals surface area contributed by atoms with Crippen molar-refractivity contribution in [2.45, 2.75) is 6.92 Å². The molecule has 1 aromatic carbocycles. The molecule has 2 aromatic rings. The summed E-state index contributed by atoms with van der Waals surface area (Å²) in [5.74, 6) is 0.758. The van der Waals surface area contributed by atoms with Crippen LogP contribution in [0.3, 0.4) is 0 Å². The summed E-state index contributed by atoms with van der Waals surface area (Å²) >= 11 is 3.25. The van der Waals surface area contributed by atoms with Crippen LogP contribution < -0.4 is 11.1 Å². The molecule has 0 saturated heterocycles. The van der Waals surface area contributed by atoms with E-state index in [1.165, 1.54) is 0 Å². The van der Waals surface area contributed by atoms with Gasteiger partial charge in [0.25, 0.3) is 0 Å². The molecular weight excluding hydrogens is 294 g/mol. The molecule has 0 amide bonds. The van der Waals surface area contributed by atoms with E-state index in [0.29, 0.717) is 21.9 Å². The molecule has 18 heavy (non-hydrogen) atoms. The number of halogens is 1. The number of hydrogen-bond donors (Lipinski definition) is 2. The van der Waals surface area contributed by atoms with Crippen molar-refractivity contribution in [3.63, 3.8) is 0 Å². The number of nitrogens with two attached hydrogens (primary N) is 1. The predicted octanol–water partition coefficient (Wildman–Crippen LogP) is 2.74.